The molecule has 4 rings (SSSR count). The van der Waals surface area contributed by atoms with Gasteiger partial charge in [-0.15, -0.1) is 5.10 Å². The van der Waals surface area contributed by atoms with E-state index in [2.05, 4.69) is 32.5 Å². The number of anilines is 1. The molecule has 3 aromatic rings. The normalized spacial score (nSPS) is 15.3. The molecule has 2 heterocycles. The molecular formula is C24H30N4O3. The number of methoxy groups -OCH3 is 2. The Hall–Kier alpha value is -2.74. The largest absolute Gasteiger partial charge is 0.497 e. The first-order valence-corrected chi connectivity index (χ1v) is 10.7. The summed E-state index contributed by atoms with van der Waals surface area (Å²) >= 11 is 0. The summed E-state index contributed by atoms with van der Waals surface area (Å²) in [7, 11) is 3.34. The number of aromatic nitrogens is 2. The molecule has 1 aliphatic heterocycles. The molecule has 2 aromatic carbocycles. The van der Waals surface area contributed by atoms with Gasteiger partial charge in [-0.05, 0) is 42.2 Å². The lowest BCUT2D eigenvalue weighted by molar-refractivity contribution is 0.182. The van der Waals surface area contributed by atoms with E-state index in [1.54, 1.807) is 14.2 Å². The fraction of sp³-hybridized carbons (Fsp3) is 0.417. The lowest BCUT2D eigenvalue weighted by Crippen LogP contribution is -2.38. The molecule has 0 saturated carbocycles. The van der Waals surface area contributed by atoms with Crippen LogP contribution >= 0.6 is 0 Å². The van der Waals surface area contributed by atoms with Gasteiger partial charge in [-0.3, -0.25) is 4.90 Å². The number of likely N-dealkylation sites (tertiary alicyclic amines) is 1. The Labute approximate surface area is 183 Å². The van der Waals surface area contributed by atoms with E-state index in [-0.39, 0.29) is 6.61 Å². The van der Waals surface area contributed by atoms with E-state index >= 15 is 0 Å². The van der Waals surface area contributed by atoms with E-state index in [4.69, 9.17) is 9.47 Å². The Morgan fingerprint density at radius 1 is 1.00 bits per heavy atom. The monoisotopic (exact) mass is 422 g/mol. The zero-order valence-electron chi connectivity index (χ0n) is 18.2. The van der Waals surface area contributed by atoms with E-state index in [0.717, 1.165) is 66.1 Å². The number of nitrogens with zero attached hydrogens (tertiary/aromatic N) is 3. The number of aliphatic hydroxyl groups excluding tert-OH is 1. The standard InChI is InChI=1S/C24H30N4O3/c1-30-16-23-21-8-7-20(31-2)13-22(21)24(27-26-23)25-19-9-11-28(12-10-19)14-17-3-5-18(15-29)6-4-17/h3-8,13,19,29H,9-12,14-16H2,1-2H3,(H,25,27). The smallest absolute Gasteiger partial charge is 0.156 e. The molecule has 0 bridgehead atoms. The molecule has 0 spiro atoms. The van der Waals surface area contributed by atoms with Crippen LogP contribution in [0, 0.1) is 0 Å². The van der Waals surface area contributed by atoms with Gasteiger partial charge in [0.2, 0.25) is 0 Å². The van der Waals surface area contributed by atoms with Crippen molar-refractivity contribution in [2.24, 2.45) is 0 Å². The van der Waals surface area contributed by atoms with Crippen LogP contribution in [0.5, 0.6) is 5.75 Å². The first kappa shape index (κ1) is 21.5. The van der Waals surface area contributed by atoms with Crippen LogP contribution in [0.25, 0.3) is 10.8 Å². The molecule has 2 N–H and O–H groups in total. The lowest BCUT2D eigenvalue weighted by atomic mass is 10.0. The maximum absolute atomic E-state index is 9.20. The average Bonchev–Trinajstić information content (AvgIpc) is 2.82. The summed E-state index contributed by atoms with van der Waals surface area (Å²) in [6.45, 7) is 3.50. The molecule has 31 heavy (non-hydrogen) atoms. The van der Waals surface area contributed by atoms with Gasteiger partial charge in [-0.2, -0.15) is 5.10 Å². The van der Waals surface area contributed by atoms with Gasteiger partial charge in [0.05, 0.1) is 26.0 Å². The van der Waals surface area contributed by atoms with Gasteiger partial charge < -0.3 is 19.9 Å². The van der Waals surface area contributed by atoms with Crippen molar-refractivity contribution < 1.29 is 14.6 Å². The zero-order valence-corrected chi connectivity index (χ0v) is 18.2. The van der Waals surface area contributed by atoms with Crippen LogP contribution in [0.3, 0.4) is 0 Å². The summed E-state index contributed by atoms with van der Waals surface area (Å²) in [5.41, 5.74) is 3.06. The number of fused-ring (bicyclic) bond motifs is 1. The molecular weight excluding hydrogens is 392 g/mol. The number of hydrogen-bond acceptors (Lipinski definition) is 7. The average molecular weight is 423 g/mol. The third-order valence-corrected chi connectivity index (χ3v) is 5.88. The Morgan fingerprint density at radius 2 is 1.74 bits per heavy atom. The third-order valence-electron chi connectivity index (χ3n) is 5.88. The van der Waals surface area contributed by atoms with Crippen LogP contribution in [0.15, 0.2) is 42.5 Å². The quantitative estimate of drug-likeness (QED) is 0.576. The van der Waals surface area contributed by atoms with Crippen molar-refractivity contribution in [2.75, 3.05) is 32.6 Å². The minimum atomic E-state index is 0.0905. The van der Waals surface area contributed by atoms with Gasteiger partial charge in [0.25, 0.3) is 0 Å². The molecule has 1 saturated heterocycles. The van der Waals surface area contributed by atoms with Crippen molar-refractivity contribution in [2.45, 2.75) is 38.6 Å². The number of hydrogen-bond donors (Lipinski definition) is 2. The van der Waals surface area contributed by atoms with Crippen molar-refractivity contribution in [1.82, 2.24) is 15.1 Å². The molecule has 0 atom stereocenters. The number of benzene rings is 2. The number of piperidine rings is 1. The summed E-state index contributed by atoms with van der Waals surface area (Å²) in [6, 6.07) is 14.5. The molecule has 7 heteroatoms. The summed E-state index contributed by atoms with van der Waals surface area (Å²) in [5, 5.41) is 23.7. The van der Waals surface area contributed by atoms with Crippen LogP contribution in [0.1, 0.15) is 29.7 Å². The van der Waals surface area contributed by atoms with Crippen LogP contribution in [-0.4, -0.2) is 53.6 Å². The van der Waals surface area contributed by atoms with Gasteiger partial charge in [0.15, 0.2) is 5.82 Å². The highest BCUT2D eigenvalue weighted by Crippen LogP contribution is 2.29. The molecule has 1 aliphatic rings. The minimum Gasteiger partial charge on any atom is -0.497 e. The number of rotatable bonds is 8. The summed E-state index contributed by atoms with van der Waals surface area (Å²) in [5.74, 6) is 1.60. The number of nitrogens with one attached hydrogen (secondary N) is 1. The van der Waals surface area contributed by atoms with E-state index in [9.17, 15) is 5.11 Å². The second-order valence-electron chi connectivity index (χ2n) is 8.01. The van der Waals surface area contributed by atoms with Gasteiger partial charge in [0, 0.05) is 43.6 Å². The summed E-state index contributed by atoms with van der Waals surface area (Å²) in [6.07, 6.45) is 2.09. The first-order chi connectivity index (χ1) is 15.2. The molecule has 164 valence electrons. The fourth-order valence-corrected chi connectivity index (χ4v) is 4.10. The Bertz CT molecular complexity index is 1000. The lowest BCUT2D eigenvalue weighted by Gasteiger charge is -2.32. The van der Waals surface area contributed by atoms with E-state index in [0.29, 0.717) is 12.6 Å². The second-order valence-corrected chi connectivity index (χ2v) is 8.01. The molecule has 7 nitrogen and oxygen atoms in total. The predicted molar refractivity (Wildman–Crippen MR) is 121 cm³/mol. The fourth-order valence-electron chi connectivity index (χ4n) is 4.10. The van der Waals surface area contributed by atoms with Crippen LogP contribution < -0.4 is 10.1 Å². The van der Waals surface area contributed by atoms with Crippen molar-refractivity contribution in [3.63, 3.8) is 0 Å². The van der Waals surface area contributed by atoms with Gasteiger partial charge >= 0.3 is 0 Å². The van der Waals surface area contributed by atoms with E-state index in [1.165, 1.54) is 5.56 Å². The van der Waals surface area contributed by atoms with Gasteiger partial charge in [0.1, 0.15) is 5.75 Å². The highest BCUT2D eigenvalue weighted by Gasteiger charge is 2.21. The maximum atomic E-state index is 9.20. The van der Waals surface area contributed by atoms with Crippen LogP contribution in [0.4, 0.5) is 5.82 Å². The second kappa shape index (κ2) is 10.0. The summed E-state index contributed by atoms with van der Waals surface area (Å²) < 4.78 is 10.7. The summed E-state index contributed by atoms with van der Waals surface area (Å²) in [4.78, 5) is 2.47. The highest BCUT2D eigenvalue weighted by molar-refractivity contribution is 5.94. The van der Waals surface area contributed by atoms with Crippen molar-refractivity contribution in [3.8, 4) is 5.75 Å². The Balaban J connectivity index is 1.42. The molecule has 0 radical (unpaired) electrons. The van der Waals surface area contributed by atoms with Crippen molar-refractivity contribution in [3.05, 3.63) is 59.3 Å². The molecule has 1 fully saturated rings. The number of ether oxygens (including phenoxy) is 2. The predicted octanol–water partition coefficient (Wildman–Crippen LogP) is 3.35. The van der Waals surface area contributed by atoms with Gasteiger partial charge in [-0.25, -0.2) is 0 Å². The SMILES string of the molecule is COCc1nnc(NC2CCN(Cc3ccc(CO)cc3)CC2)c2cc(OC)ccc12. The van der Waals surface area contributed by atoms with Gasteiger partial charge in [-0.1, -0.05) is 24.3 Å². The number of aliphatic hydroxyl groups is 1. The van der Waals surface area contributed by atoms with Crippen molar-refractivity contribution >= 4 is 16.6 Å². The molecule has 0 amide bonds. The minimum absolute atomic E-state index is 0.0905. The molecule has 0 unspecified atom stereocenters. The zero-order chi connectivity index (χ0) is 21.6. The highest BCUT2D eigenvalue weighted by atomic mass is 16.5. The topological polar surface area (TPSA) is 79.7 Å². The van der Waals surface area contributed by atoms with Crippen LogP contribution in [0.2, 0.25) is 0 Å². The molecule has 0 aliphatic carbocycles. The Kier molecular flexibility index (Phi) is 6.96. The maximum Gasteiger partial charge on any atom is 0.156 e. The van der Waals surface area contributed by atoms with E-state index in [1.807, 2.05) is 30.3 Å². The third kappa shape index (κ3) is 5.12. The molecule has 1 aromatic heterocycles. The Morgan fingerprint density at radius 3 is 2.42 bits per heavy atom. The van der Waals surface area contributed by atoms with Crippen LogP contribution in [-0.2, 0) is 24.5 Å². The van der Waals surface area contributed by atoms with E-state index < -0.39 is 0 Å². The van der Waals surface area contributed by atoms with Crippen molar-refractivity contribution in [1.29, 1.82) is 0 Å². The first-order valence-electron chi connectivity index (χ1n) is 10.7.